The number of piperazine rings is 1. The average molecular weight is 533 g/mol. The second-order valence-corrected chi connectivity index (χ2v) is 10.4. The molecule has 1 saturated heterocycles. The van der Waals surface area contributed by atoms with Crippen molar-refractivity contribution in [3.05, 3.63) is 58.4 Å². The minimum absolute atomic E-state index is 0.00568. The van der Waals surface area contributed by atoms with Crippen LogP contribution in [0.4, 0.5) is 13.2 Å². The van der Waals surface area contributed by atoms with Crippen molar-refractivity contribution in [1.29, 1.82) is 0 Å². The number of aromatic nitrogens is 1. The van der Waals surface area contributed by atoms with Crippen molar-refractivity contribution in [3.63, 3.8) is 0 Å². The van der Waals surface area contributed by atoms with E-state index in [-0.39, 0.29) is 41.6 Å². The summed E-state index contributed by atoms with van der Waals surface area (Å²) >= 11 is 0. The van der Waals surface area contributed by atoms with E-state index in [1.165, 1.54) is 48.1 Å². The van der Waals surface area contributed by atoms with Crippen LogP contribution in [0.5, 0.6) is 0 Å². The maximum absolute atomic E-state index is 13.6. The van der Waals surface area contributed by atoms with Gasteiger partial charge in [0.05, 0.1) is 23.4 Å². The highest BCUT2D eigenvalue weighted by Gasteiger charge is 2.34. The normalized spacial score (nSPS) is 17.5. The van der Waals surface area contributed by atoms with Crippen molar-refractivity contribution in [3.8, 4) is 0 Å². The molecule has 206 valence electrons. The molecule has 2 fully saturated rings. The summed E-state index contributed by atoms with van der Waals surface area (Å²) in [6.07, 6.45) is 1.88. The summed E-state index contributed by atoms with van der Waals surface area (Å²) in [5, 5.41) is 0. The van der Waals surface area contributed by atoms with Crippen molar-refractivity contribution < 1.29 is 27.6 Å². The van der Waals surface area contributed by atoms with Gasteiger partial charge in [0.15, 0.2) is 5.78 Å². The van der Waals surface area contributed by atoms with Crippen LogP contribution in [0.15, 0.2) is 30.3 Å². The number of rotatable bonds is 8. The number of alkyl halides is 3. The first-order valence-corrected chi connectivity index (χ1v) is 13.2. The Balaban J connectivity index is 1.44. The zero-order chi connectivity index (χ0) is 27.4. The van der Waals surface area contributed by atoms with Crippen LogP contribution in [0, 0.1) is 12.8 Å². The lowest BCUT2D eigenvalue weighted by atomic mass is 9.86. The van der Waals surface area contributed by atoms with E-state index >= 15 is 0 Å². The highest BCUT2D eigenvalue weighted by molar-refractivity contribution is 6.01. The van der Waals surface area contributed by atoms with E-state index < -0.39 is 17.6 Å². The van der Waals surface area contributed by atoms with Gasteiger partial charge >= 0.3 is 6.18 Å². The highest BCUT2D eigenvalue weighted by atomic mass is 19.4. The first-order valence-electron chi connectivity index (χ1n) is 13.2. The molecular weight excluding hydrogens is 497 g/mol. The van der Waals surface area contributed by atoms with Gasteiger partial charge in [-0.25, -0.2) is 0 Å². The maximum Gasteiger partial charge on any atom is 0.416 e. The number of ketones is 1. The number of carbonyl (C=O) groups excluding carboxylic acids is 3. The summed E-state index contributed by atoms with van der Waals surface area (Å²) in [5.41, 5.74) is 5.29. The van der Waals surface area contributed by atoms with Gasteiger partial charge in [0.1, 0.15) is 0 Å². The fraction of sp³-hybridized carbons (Fsp3) is 0.536. The third-order valence-corrected chi connectivity index (χ3v) is 7.85. The number of amides is 2. The van der Waals surface area contributed by atoms with Gasteiger partial charge in [-0.3, -0.25) is 19.3 Å². The molecule has 1 saturated carbocycles. The van der Waals surface area contributed by atoms with Crippen LogP contribution < -0.4 is 5.73 Å². The first-order chi connectivity index (χ1) is 18.0. The van der Waals surface area contributed by atoms with Crippen LogP contribution in [0.3, 0.4) is 0 Å². The van der Waals surface area contributed by atoms with Crippen LogP contribution in [0.2, 0.25) is 0 Å². The van der Waals surface area contributed by atoms with Crippen molar-refractivity contribution in [2.45, 2.75) is 58.2 Å². The Hall–Kier alpha value is -3.14. The van der Waals surface area contributed by atoms with E-state index in [2.05, 4.69) is 0 Å². The number of hydrogen-bond donors (Lipinski definition) is 1. The van der Waals surface area contributed by atoms with Crippen LogP contribution >= 0.6 is 0 Å². The zero-order valence-corrected chi connectivity index (χ0v) is 21.7. The number of primary amides is 1. The van der Waals surface area contributed by atoms with E-state index in [0.29, 0.717) is 44.2 Å². The molecule has 1 aromatic heterocycles. The number of nitrogens with zero attached hydrogens (tertiary/aromatic N) is 3. The molecule has 2 amide bonds. The molecule has 2 aliphatic rings. The fourth-order valence-corrected chi connectivity index (χ4v) is 5.64. The molecule has 10 heteroatoms. The lowest BCUT2D eigenvalue weighted by Crippen LogP contribution is -2.50. The van der Waals surface area contributed by atoms with Gasteiger partial charge in [0.2, 0.25) is 5.91 Å². The third-order valence-electron chi connectivity index (χ3n) is 7.85. The molecule has 0 bridgehead atoms. The number of nitrogens with two attached hydrogens (primary N) is 1. The zero-order valence-electron chi connectivity index (χ0n) is 21.7. The molecule has 2 aromatic rings. The second-order valence-electron chi connectivity index (χ2n) is 10.4. The Morgan fingerprint density at radius 1 is 1.00 bits per heavy atom. The lowest BCUT2D eigenvalue weighted by molar-refractivity contribution is -0.138. The van der Waals surface area contributed by atoms with Crippen molar-refractivity contribution in [2.75, 3.05) is 32.7 Å². The van der Waals surface area contributed by atoms with Crippen molar-refractivity contribution in [2.24, 2.45) is 11.7 Å². The van der Waals surface area contributed by atoms with Crippen molar-refractivity contribution in [1.82, 2.24) is 14.4 Å². The van der Waals surface area contributed by atoms with E-state index in [1.807, 2.05) is 9.80 Å². The number of Topliss-reactive ketones (excluding diaryl/α,β-unsaturated/α-hetero) is 1. The fourth-order valence-electron chi connectivity index (χ4n) is 5.64. The lowest BCUT2D eigenvalue weighted by Gasteiger charge is -2.35. The highest BCUT2D eigenvalue weighted by Crippen LogP contribution is 2.33. The summed E-state index contributed by atoms with van der Waals surface area (Å²) in [5.74, 6) is -0.424. The predicted octanol–water partition coefficient (Wildman–Crippen LogP) is 4.26. The Bertz CT molecular complexity index is 1180. The summed E-state index contributed by atoms with van der Waals surface area (Å²) in [4.78, 5) is 41.9. The molecular formula is C28H35F3N4O3. The van der Waals surface area contributed by atoms with Gasteiger partial charge < -0.3 is 15.2 Å². The van der Waals surface area contributed by atoms with Gasteiger partial charge in [-0.1, -0.05) is 37.5 Å². The molecule has 0 atom stereocenters. The number of halogens is 3. The molecule has 7 nitrogen and oxygen atoms in total. The second kappa shape index (κ2) is 11.7. The van der Waals surface area contributed by atoms with E-state index in [4.69, 9.17) is 5.73 Å². The van der Waals surface area contributed by atoms with Crippen molar-refractivity contribution >= 4 is 17.6 Å². The minimum Gasteiger partial charge on any atom is -0.366 e. The molecule has 1 aromatic carbocycles. The predicted molar refractivity (Wildman–Crippen MR) is 137 cm³/mol. The molecule has 38 heavy (non-hydrogen) atoms. The van der Waals surface area contributed by atoms with Gasteiger partial charge in [0, 0.05) is 44.8 Å². The largest absolute Gasteiger partial charge is 0.416 e. The summed E-state index contributed by atoms with van der Waals surface area (Å²) in [6.45, 7) is 3.51. The Morgan fingerprint density at radius 2 is 1.66 bits per heavy atom. The molecule has 1 aliphatic carbocycles. The van der Waals surface area contributed by atoms with Gasteiger partial charge in [-0.15, -0.1) is 0 Å². The summed E-state index contributed by atoms with van der Waals surface area (Å²) in [6, 6.07) is 6.56. The summed E-state index contributed by atoms with van der Waals surface area (Å²) in [7, 11) is 0. The van der Waals surface area contributed by atoms with Gasteiger partial charge in [-0.05, 0) is 43.4 Å². The van der Waals surface area contributed by atoms with Crippen LogP contribution in [-0.2, 0) is 17.5 Å². The number of benzene rings is 1. The van der Waals surface area contributed by atoms with Gasteiger partial charge in [-0.2, -0.15) is 13.2 Å². The molecule has 2 heterocycles. The molecule has 4 rings (SSSR count). The maximum atomic E-state index is 13.6. The Kier molecular flexibility index (Phi) is 8.60. The quantitative estimate of drug-likeness (QED) is 0.515. The van der Waals surface area contributed by atoms with E-state index in [0.717, 1.165) is 18.9 Å². The first kappa shape index (κ1) is 27.9. The third kappa shape index (κ3) is 6.46. The number of hydrogen-bond acceptors (Lipinski definition) is 4. The molecule has 1 aliphatic heterocycles. The topological polar surface area (TPSA) is 88.6 Å². The van der Waals surface area contributed by atoms with E-state index in [1.54, 1.807) is 6.92 Å². The SMILES string of the molecule is Cc1c(C(N)=O)cc(C(=O)CN2CCN(C(=O)CC3CCCCC3)CC2)n1Cc1ccccc1C(F)(F)F. The van der Waals surface area contributed by atoms with Gasteiger partial charge in [0.25, 0.3) is 5.91 Å². The smallest absolute Gasteiger partial charge is 0.366 e. The molecule has 0 spiro atoms. The Morgan fingerprint density at radius 3 is 2.29 bits per heavy atom. The monoisotopic (exact) mass is 532 g/mol. The number of carbonyl (C=O) groups is 3. The molecule has 2 N–H and O–H groups in total. The standard InChI is InChI=1S/C28H35F3N4O3/c1-19-22(27(32)38)16-24(35(19)17-21-9-5-6-10-23(21)28(29,30)31)25(36)18-33-11-13-34(14-12-33)26(37)15-20-7-3-2-4-8-20/h5-6,9-10,16,20H,2-4,7-8,11-15,17-18H2,1H3,(H2,32,38). The minimum atomic E-state index is -4.55. The Labute approximate surface area is 220 Å². The average Bonchev–Trinajstić information content (AvgIpc) is 3.21. The summed E-state index contributed by atoms with van der Waals surface area (Å²) < 4.78 is 42.2. The molecule has 0 unspecified atom stereocenters. The van der Waals surface area contributed by atoms with Crippen LogP contribution in [0.25, 0.3) is 0 Å². The molecule has 0 radical (unpaired) electrons. The van der Waals surface area contributed by atoms with Crippen LogP contribution in [0.1, 0.15) is 76.2 Å². The van der Waals surface area contributed by atoms with E-state index in [9.17, 15) is 27.6 Å². The van der Waals surface area contributed by atoms with Crippen LogP contribution in [-0.4, -0.2) is 64.7 Å².